The van der Waals surface area contributed by atoms with Crippen molar-refractivity contribution in [1.29, 1.82) is 0 Å². The molecule has 1 atom stereocenters. The number of hydrogen-bond donors (Lipinski definition) is 0. The summed E-state index contributed by atoms with van der Waals surface area (Å²) >= 11 is 0. The molecular formula is C24H36N4O. The van der Waals surface area contributed by atoms with Crippen molar-refractivity contribution in [1.82, 2.24) is 19.7 Å². The molecule has 3 saturated heterocycles. The first-order valence-electron chi connectivity index (χ1n) is 11.9. The van der Waals surface area contributed by atoms with E-state index in [1.807, 2.05) is 12.4 Å². The van der Waals surface area contributed by atoms with Crippen molar-refractivity contribution >= 4 is 5.91 Å². The van der Waals surface area contributed by atoms with Gasteiger partial charge >= 0.3 is 0 Å². The van der Waals surface area contributed by atoms with Crippen LogP contribution in [0.5, 0.6) is 0 Å². The predicted octanol–water partition coefficient (Wildman–Crippen LogP) is 3.30. The maximum absolute atomic E-state index is 13.4. The van der Waals surface area contributed by atoms with E-state index in [0.29, 0.717) is 11.9 Å². The average Bonchev–Trinajstić information content (AvgIpc) is 3.54. The molecule has 5 heteroatoms. The zero-order chi connectivity index (χ0) is 19.7. The van der Waals surface area contributed by atoms with Crippen molar-refractivity contribution in [2.75, 3.05) is 32.7 Å². The highest BCUT2D eigenvalue weighted by Crippen LogP contribution is 2.49. The van der Waals surface area contributed by atoms with Gasteiger partial charge in [0.15, 0.2) is 0 Å². The lowest BCUT2D eigenvalue weighted by Gasteiger charge is -2.44. The largest absolute Gasteiger partial charge is 0.337 e. The summed E-state index contributed by atoms with van der Waals surface area (Å²) in [5.74, 6) is 0.733. The molecule has 4 aliphatic rings. The van der Waals surface area contributed by atoms with Gasteiger partial charge in [0.05, 0.1) is 5.92 Å². The summed E-state index contributed by atoms with van der Waals surface area (Å²) in [5.41, 5.74) is 1.65. The quantitative estimate of drug-likeness (QED) is 0.783. The highest BCUT2D eigenvalue weighted by atomic mass is 16.2. The standard InChI is InChI=1S/C24H36N4O/c29-23(28-15-2-1-9-24(28)10-11-24)21-4-3-14-27(19-21)22-7-16-26(17-8-22)18-20-5-12-25-13-6-20/h5-6,12-13,21-22H,1-4,7-11,14-19H2/t21-/m0/s1. The lowest BCUT2D eigenvalue weighted by molar-refractivity contribution is -0.142. The van der Waals surface area contributed by atoms with E-state index in [-0.39, 0.29) is 11.5 Å². The minimum absolute atomic E-state index is 0.245. The number of piperidine rings is 3. The molecule has 158 valence electrons. The summed E-state index contributed by atoms with van der Waals surface area (Å²) in [5, 5.41) is 0. The van der Waals surface area contributed by atoms with Crippen LogP contribution in [-0.4, -0.2) is 69.9 Å². The van der Waals surface area contributed by atoms with Crippen LogP contribution >= 0.6 is 0 Å². The molecule has 0 bridgehead atoms. The number of carbonyl (C=O) groups is 1. The number of hydrogen-bond acceptors (Lipinski definition) is 4. The van der Waals surface area contributed by atoms with Crippen molar-refractivity contribution in [2.45, 2.75) is 75.9 Å². The summed E-state index contributed by atoms with van der Waals surface area (Å²) in [4.78, 5) is 25.1. The van der Waals surface area contributed by atoms with Crippen LogP contribution in [-0.2, 0) is 11.3 Å². The zero-order valence-corrected chi connectivity index (χ0v) is 17.8. The molecule has 1 amide bonds. The van der Waals surface area contributed by atoms with E-state index in [0.717, 1.165) is 39.1 Å². The summed E-state index contributed by atoms with van der Waals surface area (Å²) < 4.78 is 0. The molecule has 3 aliphatic heterocycles. The van der Waals surface area contributed by atoms with Crippen LogP contribution in [0.3, 0.4) is 0 Å². The van der Waals surface area contributed by atoms with Crippen LogP contribution in [0.1, 0.15) is 63.4 Å². The summed E-state index contributed by atoms with van der Waals surface area (Å²) in [7, 11) is 0. The molecule has 1 saturated carbocycles. The smallest absolute Gasteiger partial charge is 0.227 e. The van der Waals surface area contributed by atoms with Gasteiger partial charge in [-0.2, -0.15) is 0 Å². The summed E-state index contributed by atoms with van der Waals surface area (Å²) in [6.45, 7) is 6.56. The summed E-state index contributed by atoms with van der Waals surface area (Å²) in [6.07, 6.45) is 14.8. The minimum atomic E-state index is 0.245. The Bertz CT molecular complexity index is 696. The van der Waals surface area contributed by atoms with E-state index in [1.54, 1.807) is 0 Å². The fourth-order valence-corrected chi connectivity index (χ4v) is 6.05. The van der Waals surface area contributed by atoms with Gasteiger partial charge in [-0.25, -0.2) is 0 Å². The molecule has 29 heavy (non-hydrogen) atoms. The maximum Gasteiger partial charge on any atom is 0.227 e. The average molecular weight is 397 g/mol. The zero-order valence-electron chi connectivity index (χ0n) is 17.8. The van der Waals surface area contributed by atoms with E-state index in [9.17, 15) is 4.79 Å². The molecule has 0 radical (unpaired) electrons. The van der Waals surface area contributed by atoms with Gasteiger partial charge < -0.3 is 4.90 Å². The van der Waals surface area contributed by atoms with Crippen molar-refractivity contribution in [3.05, 3.63) is 30.1 Å². The first-order chi connectivity index (χ1) is 14.2. The molecule has 4 heterocycles. The van der Waals surface area contributed by atoms with E-state index >= 15 is 0 Å². The Hall–Kier alpha value is -1.46. The third kappa shape index (κ3) is 4.22. The van der Waals surface area contributed by atoms with Crippen molar-refractivity contribution in [2.24, 2.45) is 5.92 Å². The molecule has 1 aromatic heterocycles. The van der Waals surface area contributed by atoms with Gasteiger partial charge in [0.1, 0.15) is 0 Å². The Kier molecular flexibility index (Phi) is 5.61. The monoisotopic (exact) mass is 396 g/mol. The second-order valence-corrected chi connectivity index (χ2v) is 9.87. The van der Waals surface area contributed by atoms with Crippen LogP contribution in [0.15, 0.2) is 24.5 Å². The third-order valence-electron chi connectivity index (χ3n) is 7.97. The Labute approximate surface area is 175 Å². The second kappa shape index (κ2) is 8.35. The fourth-order valence-electron chi connectivity index (χ4n) is 6.05. The van der Waals surface area contributed by atoms with Crippen molar-refractivity contribution in [3.8, 4) is 0 Å². The van der Waals surface area contributed by atoms with Crippen LogP contribution in [0.2, 0.25) is 0 Å². The number of rotatable bonds is 4. The number of carbonyl (C=O) groups excluding carboxylic acids is 1. The molecule has 1 aliphatic carbocycles. The summed E-state index contributed by atoms with van der Waals surface area (Å²) in [6, 6.07) is 4.91. The van der Waals surface area contributed by atoms with E-state index in [2.05, 4.69) is 31.8 Å². The number of nitrogens with zero attached hydrogens (tertiary/aromatic N) is 4. The minimum Gasteiger partial charge on any atom is -0.337 e. The SMILES string of the molecule is O=C([C@H]1CCCN(C2CCN(Cc3ccncc3)CC2)C1)N1CCCCC12CC2. The number of amides is 1. The van der Waals surface area contributed by atoms with Crippen LogP contribution < -0.4 is 0 Å². The lowest BCUT2D eigenvalue weighted by atomic mass is 9.90. The van der Waals surface area contributed by atoms with Gasteiger partial charge in [-0.05, 0) is 95.1 Å². The van der Waals surface area contributed by atoms with Crippen LogP contribution in [0.25, 0.3) is 0 Å². The molecule has 0 aromatic carbocycles. The van der Waals surface area contributed by atoms with Gasteiger partial charge in [0.25, 0.3) is 0 Å². The van der Waals surface area contributed by atoms with Crippen molar-refractivity contribution in [3.63, 3.8) is 0 Å². The molecule has 4 fully saturated rings. The van der Waals surface area contributed by atoms with E-state index in [1.165, 1.54) is 63.5 Å². The number of likely N-dealkylation sites (tertiary alicyclic amines) is 3. The highest BCUT2D eigenvalue weighted by Gasteiger charge is 2.52. The molecular weight excluding hydrogens is 360 g/mol. The van der Waals surface area contributed by atoms with E-state index < -0.39 is 0 Å². The molecule has 0 unspecified atom stereocenters. The molecule has 0 N–H and O–H groups in total. The third-order valence-corrected chi connectivity index (χ3v) is 7.97. The normalized spacial score (nSPS) is 28.6. The lowest BCUT2D eigenvalue weighted by Crippen LogP contribution is -2.54. The fraction of sp³-hybridized carbons (Fsp3) is 0.750. The maximum atomic E-state index is 13.4. The Morgan fingerprint density at radius 3 is 2.52 bits per heavy atom. The Morgan fingerprint density at radius 2 is 1.76 bits per heavy atom. The number of pyridine rings is 1. The Morgan fingerprint density at radius 1 is 0.966 bits per heavy atom. The van der Waals surface area contributed by atoms with Gasteiger partial charge in [0.2, 0.25) is 5.91 Å². The molecule has 1 aromatic rings. The van der Waals surface area contributed by atoms with Crippen LogP contribution in [0.4, 0.5) is 0 Å². The topological polar surface area (TPSA) is 39.7 Å². The predicted molar refractivity (Wildman–Crippen MR) is 114 cm³/mol. The molecule has 1 spiro atoms. The molecule has 5 nitrogen and oxygen atoms in total. The Balaban J connectivity index is 1.14. The number of aromatic nitrogens is 1. The van der Waals surface area contributed by atoms with Crippen molar-refractivity contribution < 1.29 is 4.79 Å². The van der Waals surface area contributed by atoms with E-state index in [4.69, 9.17) is 0 Å². The highest BCUT2D eigenvalue weighted by molar-refractivity contribution is 5.80. The van der Waals surface area contributed by atoms with Gasteiger partial charge in [-0.3, -0.25) is 19.6 Å². The second-order valence-electron chi connectivity index (χ2n) is 9.87. The van der Waals surface area contributed by atoms with Gasteiger partial charge in [-0.1, -0.05) is 0 Å². The van der Waals surface area contributed by atoms with Gasteiger partial charge in [0, 0.05) is 43.6 Å². The first-order valence-corrected chi connectivity index (χ1v) is 11.9. The first kappa shape index (κ1) is 19.5. The van der Waals surface area contributed by atoms with Crippen LogP contribution in [0, 0.1) is 5.92 Å². The molecule has 5 rings (SSSR count). The van der Waals surface area contributed by atoms with Gasteiger partial charge in [-0.15, -0.1) is 0 Å².